The first kappa shape index (κ1) is 33.4. The number of hydrogen-bond donors (Lipinski definition) is 2. The van der Waals surface area contributed by atoms with Crippen LogP contribution in [0.25, 0.3) is 0 Å². The molecule has 0 unspecified atom stereocenters. The van der Waals surface area contributed by atoms with Gasteiger partial charge in [0.25, 0.3) is 0 Å². The number of hydrogen-bond acceptors (Lipinski definition) is 7. The number of phenols is 1. The zero-order valence-electron chi connectivity index (χ0n) is 25.2. The number of phenolic OH excluding ortho intramolecular Hbond substituents is 1. The van der Waals surface area contributed by atoms with Gasteiger partial charge in [-0.05, 0) is 53.6 Å². The molecule has 0 saturated heterocycles. The Bertz CT molecular complexity index is 1100. The van der Waals surface area contributed by atoms with Crippen molar-refractivity contribution in [2.75, 3.05) is 41.0 Å². The molecular formula is C35H48O7. The van der Waals surface area contributed by atoms with Crippen molar-refractivity contribution in [2.24, 2.45) is 0 Å². The molecule has 0 radical (unpaired) electrons. The highest BCUT2D eigenvalue weighted by Gasteiger charge is 2.27. The van der Waals surface area contributed by atoms with Crippen LogP contribution in [-0.2, 0) is 20.8 Å². The molecule has 0 bridgehead atoms. The van der Waals surface area contributed by atoms with Crippen LogP contribution in [0.2, 0.25) is 0 Å². The summed E-state index contributed by atoms with van der Waals surface area (Å²) in [6.07, 6.45) is 8.82. The molecule has 0 aliphatic carbocycles. The fraction of sp³-hybridized carbons (Fsp3) is 0.486. The van der Waals surface area contributed by atoms with Crippen molar-refractivity contribution in [1.29, 1.82) is 0 Å². The van der Waals surface area contributed by atoms with Crippen molar-refractivity contribution in [3.63, 3.8) is 0 Å². The first-order valence-electron chi connectivity index (χ1n) is 15.0. The van der Waals surface area contributed by atoms with Crippen molar-refractivity contribution < 1.29 is 33.9 Å². The highest BCUT2D eigenvalue weighted by molar-refractivity contribution is 5.44. The van der Waals surface area contributed by atoms with Gasteiger partial charge in [0.15, 0.2) is 13.6 Å². The molecule has 0 heterocycles. The van der Waals surface area contributed by atoms with Crippen LogP contribution in [0.3, 0.4) is 0 Å². The molecule has 0 aromatic heterocycles. The highest BCUT2D eigenvalue weighted by Crippen LogP contribution is 2.42. The van der Waals surface area contributed by atoms with E-state index in [0.29, 0.717) is 18.1 Å². The normalized spacial score (nSPS) is 12.6. The van der Waals surface area contributed by atoms with E-state index < -0.39 is 0 Å². The molecular weight excluding hydrogens is 532 g/mol. The van der Waals surface area contributed by atoms with Gasteiger partial charge in [0.1, 0.15) is 17.2 Å². The quantitative estimate of drug-likeness (QED) is 0.0937. The first-order chi connectivity index (χ1) is 20.7. The lowest BCUT2D eigenvalue weighted by Crippen LogP contribution is -2.16. The molecule has 0 spiro atoms. The SMILES string of the molecule is COCOc1ccc([C@@H](CO)[C@H](CCCCCCCCCOCc2ccccc2)c2ccc(OCOC)cc2O)cc1. The monoisotopic (exact) mass is 580 g/mol. The molecule has 0 aliphatic heterocycles. The zero-order chi connectivity index (χ0) is 29.8. The van der Waals surface area contributed by atoms with E-state index in [1.165, 1.54) is 31.2 Å². The van der Waals surface area contributed by atoms with Crippen LogP contribution in [0.15, 0.2) is 72.8 Å². The van der Waals surface area contributed by atoms with Gasteiger partial charge in [-0.15, -0.1) is 0 Å². The topological polar surface area (TPSA) is 86.6 Å². The van der Waals surface area contributed by atoms with Crippen LogP contribution < -0.4 is 9.47 Å². The number of unbranched alkanes of at least 4 members (excludes halogenated alkanes) is 6. The molecule has 2 N–H and O–H groups in total. The Morgan fingerprint density at radius 1 is 0.667 bits per heavy atom. The summed E-state index contributed by atoms with van der Waals surface area (Å²) in [6.45, 7) is 1.74. The highest BCUT2D eigenvalue weighted by atomic mass is 16.7. The number of rotatable bonds is 22. The van der Waals surface area contributed by atoms with Crippen LogP contribution in [0.4, 0.5) is 0 Å². The van der Waals surface area contributed by atoms with Gasteiger partial charge in [-0.1, -0.05) is 87.1 Å². The minimum atomic E-state index is -0.172. The number of aliphatic hydroxyl groups excluding tert-OH is 1. The lowest BCUT2D eigenvalue weighted by atomic mass is 9.78. The van der Waals surface area contributed by atoms with E-state index in [1.54, 1.807) is 20.3 Å². The Morgan fingerprint density at radius 2 is 1.29 bits per heavy atom. The van der Waals surface area contributed by atoms with Gasteiger partial charge in [-0.25, -0.2) is 0 Å². The Balaban J connectivity index is 1.51. The number of aliphatic hydroxyl groups is 1. The van der Waals surface area contributed by atoms with Gasteiger partial charge in [0.2, 0.25) is 0 Å². The predicted octanol–water partition coefficient (Wildman–Crippen LogP) is 7.55. The number of ether oxygens (including phenoxy) is 5. The van der Waals surface area contributed by atoms with E-state index in [2.05, 4.69) is 12.1 Å². The lowest BCUT2D eigenvalue weighted by molar-refractivity contribution is 0.0508. The third kappa shape index (κ3) is 11.6. The van der Waals surface area contributed by atoms with Crippen LogP contribution in [0.5, 0.6) is 17.2 Å². The molecule has 3 rings (SSSR count). The van der Waals surface area contributed by atoms with Crippen LogP contribution in [-0.4, -0.2) is 51.2 Å². The third-order valence-corrected chi connectivity index (χ3v) is 7.49. The molecule has 3 aromatic rings. The second-order valence-electron chi connectivity index (χ2n) is 10.6. The summed E-state index contributed by atoms with van der Waals surface area (Å²) in [7, 11) is 3.14. The van der Waals surface area contributed by atoms with E-state index >= 15 is 0 Å². The summed E-state index contributed by atoms with van der Waals surface area (Å²) in [5.41, 5.74) is 3.03. The summed E-state index contributed by atoms with van der Waals surface area (Å²) in [6, 6.07) is 23.4. The standard InChI is InChI=1S/C35H48O7/c1-38-26-41-30-18-16-29(17-19-30)34(24-36)32(33-21-20-31(23-35(33)37)42-27-39-2)15-11-6-4-3-5-7-12-22-40-25-28-13-9-8-10-14-28/h8-10,13-14,16-21,23,32,34,36-37H,3-7,11-12,15,22,24-27H2,1-2H3/t32-,34-/m1/s1. The number of methoxy groups -OCH3 is 2. The second kappa shape index (κ2) is 19.9. The van der Waals surface area contributed by atoms with Crippen LogP contribution in [0.1, 0.15) is 79.9 Å². The molecule has 0 amide bonds. The second-order valence-corrected chi connectivity index (χ2v) is 10.6. The molecule has 0 fully saturated rings. The minimum Gasteiger partial charge on any atom is -0.508 e. The summed E-state index contributed by atoms with van der Waals surface area (Å²) in [5.74, 6) is 1.19. The van der Waals surface area contributed by atoms with E-state index in [0.717, 1.165) is 43.4 Å². The fourth-order valence-corrected chi connectivity index (χ4v) is 5.25. The van der Waals surface area contributed by atoms with Crippen LogP contribution in [0, 0.1) is 0 Å². The van der Waals surface area contributed by atoms with E-state index in [4.69, 9.17) is 23.7 Å². The van der Waals surface area contributed by atoms with E-state index in [9.17, 15) is 10.2 Å². The Labute approximate surface area is 251 Å². The largest absolute Gasteiger partial charge is 0.508 e. The summed E-state index contributed by atoms with van der Waals surface area (Å²) in [5, 5.41) is 21.5. The van der Waals surface area contributed by atoms with Gasteiger partial charge >= 0.3 is 0 Å². The van der Waals surface area contributed by atoms with E-state index in [1.807, 2.05) is 54.6 Å². The fourth-order valence-electron chi connectivity index (χ4n) is 5.25. The van der Waals surface area contributed by atoms with E-state index in [-0.39, 0.29) is 37.8 Å². The molecule has 2 atom stereocenters. The summed E-state index contributed by atoms with van der Waals surface area (Å²) >= 11 is 0. The molecule has 0 aliphatic rings. The first-order valence-corrected chi connectivity index (χ1v) is 15.0. The molecule has 42 heavy (non-hydrogen) atoms. The van der Waals surface area contributed by atoms with Crippen molar-refractivity contribution >= 4 is 0 Å². The summed E-state index contributed by atoms with van der Waals surface area (Å²) < 4.78 is 26.8. The van der Waals surface area contributed by atoms with Crippen molar-refractivity contribution in [3.8, 4) is 17.2 Å². The Morgan fingerprint density at radius 3 is 1.93 bits per heavy atom. The molecule has 3 aromatic carbocycles. The van der Waals surface area contributed by atoms with Gasteiger partial charge < -0.3 is 33.9 Å². The predicted molar refractivity (Wildman–Crippen MR) is 165 cm³/mol. The number of aromatic hydroxyl groups is 1. The zero-order valence-corrected chi connectivity index (χ0v) is 25.2. The Hall–Kier alpha value is -3.10. The third-order valence-electron chi connectivity index (χ3n) is 7.49. The summed E-state index contributed by atoms with van der Waals surface area (Å²) in [4.78, 5) is 0. The molecule has 230 valence electrons. The Kier molecular flexibility index (Phi) is 15.8. The van der Waals surface area contributed by atoms with Gasteiger partial charge in [0, 0.05) is 32.8 Å². The van der Waals surface area contributed by atoms with Gasteiger partial charge in [0.05, 0.1) is 13.2 Å². The maximum Gasteiger partial charge on any atom is 0.188 e. The van der Waals surface area contributed by atoms with Crippen molar-refractivity contribution in [2.45, 2.75) is 69.8 Å². The average molecular weight is 581 g/mol. The minimum absolute atomic E-state index is 0.0311. The maximum absolute atomic E-state index is 11.0. The van der Waals surface area contributed by atoms with Gasteiger partial charge in [-0.2, -0.15) is 0 Å². The maximum atomic E-state index is 11.0. The number of benzene rings is 3. The molecule has 0 saturated carbocycles. The van der Waals surface area contributed by atoms with Gasteiger partial charge in [-0.3, -0.25) is 0 Å². The molecule has 7 heteroatoms. The van der Waals surface area contributed by atoms with Crippen molar-refractivity contribution in [3.05, 3.63) is 89.5 Å². The smallest absolute Gasteiger partial charge is 0.188 e. The van der Waals surface area contributed by atoms with Crippen LogP contribution >= 0.6 is 0 Å². The average Bonchev–Trinajstić information content (AvgIpc) is 3.02. The lowest BCUT2D eigenvalue weighted by Gasteiger charge is -2.28. The van der Waals surface area contributed by atoms with Crippen molar-refractivity contribution in [1.82, 2.24) is 0 Å². The molecule has 7 nitrogen and oxygen atoms in total.